The molecule has 0 aromatic heterocycles. The van der Waals surface area contributed by atoms with E-state index in [9.17, 15) is 4.39 Å². The molecule has 1 rings (SSSR count). The minimum Gasteiger partial charge on any atom is -0.326 e. The minimum absolute atomic E-state index is 0.237. The van der Waals surface area contributed by atoms with Crippen LogP contribution in [0.4, 0.5) is 4.39 Å². The lowest BCUT2D eigenvalue weighted by Gasteiger charge is -2.00. The van der Waals surface area contributed by atoms with Gasteiger partial charge in [0.2, 0.25) is 0 Å². The zero-order valence-electron chi connectivity index (χ0n) is 6.13. The Bertz CT molecular complexity index is 241. The van der Waals surface area contributed by atoms with Crippen molar-refractivity contribution in [3.8, 4) is 0 Å². The van der Waals surface area contributed by atoms with Gasteiger partial charge < -0.3 is 5.73 Å². The smallest absolute Gasteiger partial charge is 0.0917 e. The first-order valence-electron chi connectivity index (χ1n) is 3.43. The number of benzene rings is 1. The van der Waals surface area contributed by atoms with E-state index in [0.717, 1.165) is 5.56 Å². The number of halogens is 1. The van der Waals surface area contributed by atoms with Crippen molar-refractivity contribution in [2.24, 2.45) is 5.73 Å². The second-order valence-corrected chi connectivity index (χ2v) is 2.20. The SMILES string of the molecule is NCC(=CF)c1ccccc1. The molecule has 0 heterocycles. The molecule has 0 saturated carbocycles. The van der Waals surface area contributed by atoms with E-state index in [1.165, 1.54) is 0 Å². The molecule has 0 spiro atoms. The summed E-state index contributed by atoms with van der Waals surface area (Å²) in [5.41, 5.74) is 6.68. The fraction of sp³-hybridized carbons (Fsp3) is 0.111. The molecule has 0 radical (unpaired) electrons. The largest absolute Gasteiger partial charge is 0.326 e. The zero-order valence-corrected chi connectivity index (χ0v) is 6.13. The molecule has 0 amide bonds. The summed E-state index contributed by atoms with van der Waals surface area (Å²) >= 11 is 0. The van der Waals surface area contributed by atoms with Crippen molar-refractivity contribution in [3.63, 3.8) is 0 Å². The molecule has 2 heteroatoms. The van der Waals surface area contributed by atoms with Gasteiger partial charge in [-0.1, -0.05) is 30.3 Å². The molecular weight excluding hydrogens is 141 g/mol. The highest BCUT2D eigenvalue weighted by atomic mass is 19.1. The zero-order chi connectivity index (χ0) is 8.10. The van der Waals surface area contributed by atoms with Crippen molar-refractivity contribution in [2.75, 3.05) is 6.54 Å². The number of nitrogens with two attached hydrogens (primary N) is 1. The first-order valence-corrected chi connectivity index (χ1v) is 3.43. The Kier molecular flexibility index (Phi) is 2.81. The topological polar surface area (TPSA) is 26.0 Å². The number of hydrogen-bond donors (Lipinski definition) is 1. The van der Waals surface area contributed by atoms with Crippen LogP contribution in [0.15, 0.2) is 36.7 Å². The quantitative estimate of drug-likeness (QED) is 0.687. The van der Waals surface area contributed by atoms with Gasteiger partial charge in [-0.25, -0.2) is 4.39 Å². The first kappa shape index (κ1) is 7.95. The second-order valence-electron chi connectivity index (χ2n) is 2.20. The van der Waals surface area contributed by atoms with E-state index in [-0.39, 0.29) is 6.54 Å². The lowest BCUT2D eigenvalue weighted by molar-refractivity contribution is 0.721. The van der Waals surface area contributed by atoms with Crippen LogP contribution in [0.5, 0.6) is 0 Å². The highest BCUT2D eigenvalue weighted by molar-refractivity contribution is 5.65. The maximum absolute atomic E-state index is 12.1. The molecule has 0 aliphatic carbocycles. The lowest BCUT2D eigenvalue weighted by atomic mass is 10.1. The van der Waals surface area contributed by atoms with Crippen molar-refractivity contribution in [2.45, 2.75) is 0 Å². The molecule has 0 aliphatic heterocycles. The van der Waals surface area contributed by atoms with Crippen molar-refractivity contribution in [1.82, 2.24) is 0 Å². The fourth-order valence-corrected chi connectivity index (χ4v) is 0.878. The fourth-order valence-electron chi connectivity index (χ4n) is 0.878. The monoisotopic (exact) mass is 151 g/mol. The molecule has 0 atom stereocenters. The Balaban J connectivity index is 2.92. The maximum atomic E-state index is 12.1. The number of hydrogen-bond acceptors (Lipinski definition) is 1. The van der Waals surface area contributed by atoms with Gasteiger partial charge in [-0.15, -0.1) is 0 Å². The lowest BCUT2D eigenvalue weighted by Crippen LogP contribution is -2.01. The van der Waals surface area contributed by atoms with Gasteiger partial charge in [-0.2, -0.15) is 0 Å². The van der Waals surface area contributed by atoms with E-state index in [0.29, 0.717) is 11.9 Å². The highest BCUT2D eigenvalue weighted by Crippen LogP contribution is 2.11. The molecule has 0 saturated heterocycles. The normalized spacial score (nSPS) is 11.6. The Hall–Kier alpha value is -1.15. The Morgan fingerprint density at radius 3 is 2.45 bits per heavy atom. The first-order chi connectivity index (χ1) is 5.38. The molecule has 1 nitrogen and oxygen atoms in total. The van der Waals surface area contributed by atoms with E-state index in [2.05, 4.69) is 0 Å². The van der Waals surface area contributed by atoms with E-state index >= 15 is 0 Å². The van der Waals surface area contributed by atoms with Crippen molar-refractivity contribution in [3.05, 3.63) is 42.2 Å². The van der Waals surface area contributed by atoms with Crippen LogP contribution in [0.1, 0.15) is 5.56 Å². The van der Waals surface area contributed by atoms with Gasteiger partial charge in [0.15, 0.2) is 0 Å². The van der Waals surface area contributed by atoms with Gasteiger partial charge in [-0.05, 0) is 5.56 Å². The van der Waals surface area contributed by atoms with E-state index in [1.54, 1.807) is 0 Å². The summed E-state index contributed by atoms with van der Waals surface area (Å²) in [6.45, 7) is 0.237. The summed E-state index contributed by atoms with van der Waals surface area (Å²) in [4.78, 5) is 0. The molecular formula is C9H10FN. The highest BCUT2D eigenvalue weighted by Gasteiger charge is 1.96. The summed E-state index contributed by atoms with van der Waals surface area (Å²) in [6, 6.07) is 9.26. The molecule has 11 heavy (non-hydrogen) atoms. The van der Waals surface area contributed by atoms with Crippen LogP contribution in [0, 0.1) is 0 Å². The molecule has 0 bridgehead atoms. The molecule has 0 fully saturated rings. The average Bonchev–Trinajstić information content (AvgIpc) is 2.09. The minimum atomic E-state index is 0.237. The molecule has 1 aromatic carbocycles. The van der Waals surface area contributed by atoms with Crippen LogP contribution in [0.25, 0.3) is 5.57 Å². The molecule has 1 aromatic rings. The van der Waals surface area contributed by atoms with Crippen LogP contribution in [-0.4, -0.2) is 6.54 Å². The maximum Gasteiger partial charge on any atom is 0.0917 e. The molecule has 58 valence electrons. The third-order valence-electron chi connectivity index (χ3n) is 1.50. The molecule has 0 unspecified atom stereocenters. The van der Waals surface area contributed by atoms with Gasteiger partial charge in [0.05, 0.1) is 6.33 Å². The van der Waals surface area contributed by atoms with E-state index in [1.807, 2.05) is 30.3 Å². The summed E-state index contributed by atoms with van der Waals surface area (Å²) in [7, 11) is 0. The number of rotatable bonds is 2. The van der Waals surface area contributed by atoms with Crippen LogP contribution in [0.2, 0.25) is 0 Å². The summed E-state index contributed by atoms with van der Waals surface area (Å²) < 4.78 is 12.1. The van der Waals surface area contributed by atoms with Gasteiger partial charge in [0.1, 0.15) is 0 Å². The van der Waals surface area contributed by atoms with Gasteiger partial charge >= 0.3 is 0 Å². The third-order valence-corrected chi connectivity index (χ3v) is 1.50. The Morgan fingerprint density at radius 1 is 1.36 bits per heavy atom. The van der Waals surface area contributed by atoms with Crippen LogP contribution in [-0.2, 0) is 0 Å². The van der Waals surface area contributed by atoms with Crippen LogP contribution < -0.4 is 5.73 Å². The van der Waals surface area contributed by atoms with Gasteiger partial charge in [0.25, 0.3) is 0 Å². The van der Waals surface area contributed by atoms with Gasteiger partial charge in [-0.3, -0.25) is 0 Å². The third kappa shape index (κ3) is 1.88. The molecule has 2 N–H and O–H groups in total. The summed E-state index contributed by atoms with van der Waals surface area (Å²) in [5.74, 6) is 0. The van der Waals surface area contributed by atoms with Crippen molar-refractivity contribution < 1.29 is 4.39 Å². The summed E-state index contributed by atoms with van der Waals surface area (Å²) in [6.07, 6.45) is 0.551. The average molecular weight is 151 g/mol. The molecule has 0 aliphatic rings. The van der Waals surface area contributed by atoms with Crippen molar-refractivity contribution in [1.29, 1.82) is 0 Å². The predicted octanol–water partition coefficient (Wildman–Crippen LogP) is 1.96. The predicted molar refractivity (Wildman–Crippen MR) is 44.6 cm³/mol. The summed E-state index contributed by atoms with van der Waals surface area (Å²) in [5, 5.41) is 0. The van der Waals surface area contributed by atoms with Crippen LogP contribution in [0.3, 0.4) is 0 Å². The Labute approximate surface area is 65.3 Å². The van der Waals surface area contributed by atoms with Gasteiger partial charge in [0, 0.05) is 12.1 Å². The van der Waals surface area contributed by atoms with Crippen molar-refractivity contribution >= 4 is 5.57 Å². The second kappa shape index (κ2) is 3.88. The Morgan fingerprint density at radius 2 is 2.00 bits per heavy atom. The van der Waals surface area contributed by atoms with E-state index < -0.39 is 0 Å². The standard InChI is InChI=1S/C9H10FN/c10-6-9(7-11)8-4-2-1-3-5-8/h1-6H,7,11H2. The van der Waals surface area contributed by atoms with Crippen LogP contribution >= 0.6 is 0 Å². The van der Waals surface area contributed by atoms with E-state index in [4.69, 9.17) is 5.73 Å².